The van der Waals surface area contributed by atoms with Gasteiger partial charge in [-0.1, -0.05) is 35.9 Å². The molecule has 0 unspecified atom stereocenters. The number of aryl methyl sites for hydroxylation is 1. The summed E-state index contributed by atoms with van der Waals surface area (Å²) in [5.74, 6) is 2.04. The predicted octanol–water partition coefficient (Wildman–Crippen LogP) is 3.72. The van der Waals surface area contributed by atoms with Crippen molar-refractivity contribution in [1.29, 1.82) is 0 Å². The van der Waals surface area contributed by atoms with Crippen LogP contribution in [0.15, 0.2) is 42.5 Å². The third-order valence-corrected chi connectivity index (χ3v) is 3.79. The van der Waals surface area contributed by atoms with Gasteiger partial charge in [0.1, 0.15) is 5.75 Å². The second-order valence-corrected chi connectivity index (χ2v) is 5.36. The van der Waals surface area contributed by atoms with Crippen LogP contribution in [0.25, 0.3) is 0 Å². The van der Waals surface area contributed by atoms with E-state index in [1.165, 1.54) is 11.1 Å². The lowest BCUT2D eigenvalue weighted by Gasteiger charge is -2.05. The summed E-state index contributed by atoms with van der Waals surface area (Å²) in [7, 11) is 0. The van der Waals surface area contributed by atoms with Crippen LogP contribution in [0.4, 0.5) is 5.69 Å². The van der Waals surface area contributed by atoms with Crippen LogP contribution in [-0.4, -0.2) is 5.11 Å². The number of nitrogens with two attached hydrogens (primary N) is 1. The molecule has 18 heavy (non-hydrogen) atoms. The molecule has 2 rings (SSSR count). The number of rotatable bonds is 4. The van der Waals surface area contributed by atoms with E-state index in [0.29, 0.717) is 5.69 Å². The zero-order chi connectivity index (χ0) is 13.0. The number of hydrogen-bond acceptors (Lipinski definition) is 3. The van der Waals surface area contributed by atoms with Crippen LogP contribution in [0.3, 0.4) is 0 Å². The Morgan fingerprint density at radius 1 is 1.06 bits per heavy atom. The minimum absolute atomic E-state index is 0.155. The zero-order valence-electron chi connectivity index (χ0n) is 10.4. The van der Waals surface area contributed by atoms with Crippen molar-refractivity contribution in [3.05, 3.63) is 59.2 Å². The molecule has 2 aromatic rings. The molecular formula is C15H17NOS. The van der Waals surface area contributed by atoms with Crippen molar-refractivity contribution >= 4 is 17.4 Å². The van der Waals surface area contributed by atoms with E-state index >= 15 is 0 Å². The minimum Gasteiger partial charge on any atom is -0.506 e. The van der Waals surface area contributed by atoms with E-state index in [4.69, 9.17) is 5.73 Å². The molecule has 0 saturated heterocycles. The van der Waals surface area contributed by atoms with E-state index in [1.54, 1.807) is 6.07 Å². The number of phenolic OH excluding ortho intramolecular Hbond substituents is 1. The number of nitrogen functional groups attached to an aromatic ring is 1. The number of thioether (sulfide) groups is 1. The fourth-order valence-corrected chi connectivity index (χ4v) is 2.72. The molecule has 0 amide bonds. The maximum absolute atomic E-state index is 9.35. The van der Waals surface area contributed by atoms with Gasteiger partial charge in [-0.3, -0.25) is 0 Å². The molecule has 0 atom stereocenters. The van der Waals surface area contributed by atoms with Gasteiger partial charge >= 0.3 is 0 Å². The normalized spacial score (nSPS) is 10.5. The average molecular weight is 259 g/mol. The number of phenols is 1. The Bertz CT molecular complexity index is 540. The molecular weight excluding hydrogens is 242 g/mol. The topological polar surface area (TPSA) is 46.2 Å². The van der Waals surface area contributed by atoms with E-state index in [-0.39, 0.29) is 5.75 Å². The third-order valence-electron chi connectivity index (χ3n) is 2.71. The molecule has 3 N–H and O–H groups in total. The number of aromatic hydroxyl groups is 1. The highest BCUT2D eigenvalue weighted by atomic mass is 32.2. The first-order chi connectivity index (χ1) is 8.65. The summed E-state index contributed by atoms with van der Waals surface area (Å²) >= 11 is 1.85. The molecule has 0 aromatic heterocycles. The van der Waals surface area contributed by atoms with Gasteiger partial charge < -0.3 is 10.8 Å². The van der Waals surface area contributed by atoms with Gasteiger partial charge in [-0.25, -0.2) is 0 Å². The molecule has 2 nitrogen and oxygen atoms in total. The van der Waals surface area contributed by atoms with Crippen molar-refractivity contribution in [1.82, 2.24) is 0 Å². The van der Waals surface area contributed by atoms with Crippen LogP contribution in [0.1, 0.15) is 16.7 Å². The lowest BCUT2D eigenvalue weighted by molar-refractivity contribution is 0.478. The first kappa shape index (κ1) is 12.8. The molecule has 0 bridgehead atoms. The fourth-order valence-electron chi connectivity index (χ4n) is 1.78. The molecule has 0 radical (unpaired) electrons. The molecule has 0 aliphatic heterocycles. The van der Waals surface area contributed by atoms with Crippen LogP contribution < -0.4 is 5.73 Å². The second-order valence-electron chi connectivity index (χ2n) is 4.38. The standard InChI is InChI=1S/C15H17NOS/c1-11-3-2-4-12(7-11)9-18-10-13-5-6-15(17)14(16)8-13/h2-8,17H,9-10,16H2,1H3. The number of anilines is 1. The van der Waals surface area contributed by atoms with Crippen LogP contribution in [-0.2, 0) is 11.5 Å². The van der Waals surface area contributed by atoms with Crippen molar-refractivity contribution in [3.63, 3.8) is 0 Å². The third kappa shape index (κ3) is 3.44. The van der Waals surface area contributed by atoms with Gasteiger partial charge in [-0.2, -0.15) is 11.8 Å². The Balaban J connectivity index is 1.90. The maximum atomic E-state index is 9.35. The van der Waals surface area contributed by atoms with E-state index in [9.17, 15) is 5.11 Å². The van der Waals surface area contributed by atoms with Crippen LogP contribution in [0, 0.1) is 6.92 Å². The summed E-state index contributed by atoms with van der Waals surface area (Å²) in [4.78, 5) is 0. The van der Waals surface area contributed by atoms with Crippen LogP contribution in [0.2, 0.25) is 0 Å². The van der Waals surface area contributed by atoms with Gasteiger partial charge in [0, 0.05) is 11.5 Å². The minimum atomic E-state index is 0.155. The summed E-state index contributed by atoms with van der Waals surface area (Å²) in [6.45, 7) is 2.11. The van der Waals surface area contributed by atoms with E-state index in [1.807, 2.05) is 23.9 Å². The van der Waals surface area contributed by atoms with Crippen molar-refractivity contribution in [3.8, 4) is 5.75 Å². The van der Waals surface area contributed by atoms with Gasteiger partial charge in [0.05, 0.1) is 5.69 Å². The zero-order valence-corrected chi connectivity index (χ0v) is 11.2. The largest absolute Gasteiger partial charge is 0.506 e. The van der Waals surface area contributed by atoms with Crippen molar-refractivity contribution in [2.24, 2.45) is 0 Å². The molecule has 0 aliphatic rings. The molecule has 0 saturated carbocycles. The number of benzene rings is 2. The van der Waals surface area contributed by atoms with Gasteiger partial charge in [0.15, 0.2) is 0 Å². The highest BCUT2D eigenvalue weighted by Gasteiger charge is 2.00. The molecule has 0 spiro atoms. The van der Waals surface area contributed by atoms with Gasteiger partial charge in [0.2, 0.25) is 0 Å². The Morgan fingerprint density at radius 2 is 1.78 bits per heavy atom. The average Bonchev–Trinajstić information content (AvgIpc) is 2.34. The Labute approximate surface area is 112 Å². The molecule has 0 fully saturated rings. The smallest absolute Gasteiger partial charge is 0.138 e. The molecule has 0 aliphatic carbocycles. The van der Waals surface area contributed by atoms with Gasteiger partial charge in [-0.05, 0) is 30.2 Å². The summed E-state index contributed by atoms with van der Waals surface area (Å²) in [6, 6.07) is 13.9. The molecule has 0 heterocycles. The highest BCUT2D eigenvalue weighted by Crippen LogP contribution is 2.24. The quantitative estimate of drug-likeness (QED) is 0.650. The highest BCUT2D eigenvalue weighted by molar-refractivity contribution is 7.97. The first-order valence-electron chi connectivity index (χ1n) is 5.86. The van der Waals surface area contributed by atoms with Gasteiger partial charge in [0.25, 0.3) is 0 Å². The van der Waals surface area contributed by atoms with Crippen LogP contribution in [0.5, 0.6) is 5.75 Å². The number of hydrogen-bond donors (Lipinski definition) is 2. The monoisotopic (exact) mass is 259 g/mol. The summed E-state index contributed by atoms with van der Waals surface area (Å²) < 4.78 is 0. The SMILES string of the molecule is Cc1cccc(CSCc2ccc(O)c(N)c2)c1. The second kappa shape index (κ2) is 5.83. The molecule has 2 aromatic carbocycles. The van der Waals surface area contributed by atoms with Crippen molar-refractivity contribution in [2.75, 3.05) is 5.73 Å². The fraction of sp³-hybridized carbons (Fsp3) is 0.200. The van der Waals surface area contributed by atoms with E-state index in [2.05, 4.69) is 31.2 Å². The Hall–Kier alpha value is -1.61. The Kier molecular flexibility index (Phi) is 4.15. The lowest BCUT2D eigenvalue weighted by atomic mass is 10.2. The summed E-state index contributed by atoms with van der Waals surface area (Å²) in [5, 5.41) is 9.35. The van der Waals surface area contributed by atoms with E-state index < -0.39 is 0 Å². The molecule has 3 heteroatoms. The predicted molar refractivity (Wildman–Crippen MR) is 78.7 cm³/mol. The first-order valence-corrected chi connectivity index (χ1v) is 7.01. The summed E-state index contributed by atoms with van der Waals surface area (Å²) in [6.07, 6.45) is 0. The van der Waals surface area contributed by atoms with Gasteiger partial charge in [-0.15, -0.1) is 0 Å². The lowest BCUT2D eigenvalue weighted by Crippen LogP contribution is -1.89. The van der Waals surface area contributed by atoms with Crippen LogP contribution >= 0.6 is 11.8 Å². The maximum Gasteiger partial charge on any atom is 0.138 e. The van der Waals surface area contributed by atoms with E-state index in [0.717, 1.165) is 17.1 Å². The summed E-state index contributed by atoms with van der Waals surface area (Å²) in [5.41, 5.74) is 9.89. The Morgan fingerprint density at radius 3 is 2.44 bits per heavy atom. The molecule has 94 valence electrons. The van der Waals surface area contributed by atoms with Crippen molar-refractivity contribution < 1.29 is 5.11 Å². The van der Waals surface area contributed by atoms with Crippen molar-refractivity contribution in [2.45, 2.75) is 18.4 Å².